The molecule has 1 heteroatoms. The van der Waals surface area contributed by atoms with Crippen molar-refractivity contribution in [3.63, 3.8) is 0 Å². The molecule has 0 aromatic carbocycles. The van der Waals surface area contributed by atoms with Crippen LogP contribution in [-0.2, 0) is 4.79 Å². The minimum absolute atomic E-state index is 0.333. The predicted octanol–water partition coefficient (Wildman–Crippen LogP) is 2.71. The summed E-state index contributed by atoms with van der Waals surface area (Å²) in [6.45, 7) is 2.31. The standard InChI is InChI=1S/C11H16O/c1-11-6-3-2-4-9(11)8-10(12)5-7-11/h5,7,9H,2-4,6,8H2,1H3/t9-,11-/m1/s1. The van der Waals surface area contributed by atoms with Crippen LogP contribution in [0.2, 0.25) is 0 Å². The van der Waals surface area contributed by atoms with E-state index in [2.05, 4.69) is 13.0 Å². The smallest absolute Gasteiger partial charge is 0.155 e. The maximum absolute atomic E-state index is 11.2. The normalized spacial score (nSPS) is 41.1. The summed E-state index contributed by atoms with van der Waals surface area (Å²) in [5, 5.41) is 0. The fraction of sp³-hybridized carbons (Fsp3) is 0.727. The first kappa shape index (κ1) is 8.03. The van der Waals surface area contributed by atoms with Gasteiger partial charge in [0.2, 0.25) is 0 Å². The van der Waals surface area contributed by atoms with Gasteiger partial charge < -0.3 is 0 Å². The average molecular weight is 164 g/mol. The van der Waals surface area contributed by atoms with E-state index in [1.165, 1.54) is 25.7 Å². The van der Waals surface area contributed by atoms with Crippen LogP contribution in [0.25, 0.3) is 0 Å². The average Bonchev–Trinajstić information content (AvgIpc) is 2.06. The minimum Gasteiger partial charge on any atom is -0.295 e. The van der Waals surface area contributed by atoms with Crippen LogP contribution in [0.5, 0.6) is 0 Å². The number of fused-ring (bicyclic) bond motifs is 1. The Hall–Kier alpha value is -0.590. The first-order chi connectivity index (χ1) is 5.71. The summed E-state index contributed by atoms with van der Waals surface area (Å²) in [5.41, 5.74) is 0.353. The number of carbonyl (C=O) groups excluding carboxylic acids is 1. The van der Waals surface area contributed by atoms with Gasteiger partial charge in [0.15, 0.2) is 5.78 Å². The van der Waals surface area contributed by atoms with Crippen LogP contribution in [0.4, 0.5) is 0 Å². The molecule has 1 nitrogen and oxygen atoms in total. The summed E-state index contributed by atoms with van der Waals surface area (Å²) in [6, 6.07) is 0. The van der Waals surface area contributed by atoms with Gasteiger partial charge in [-0.2, -0.15) is 0 Å². The van der Waals surface area contributed by atoms with Gasteiger partial charge in [0.05, 0.1) is 0 Å². The monoisotopic (exact) mass is 164 g/mol. The van der Waals surface area contributed by atoms with Crippen molar-refractivity contribution in [3.8, 4) is 0 Å². The fourth-order valence-electron chi connectivity index (χ4n) is 2.58. The van der Waals surface area contributed by atoms with Crippen molar-refractivity contribution in [3.05, 3.63) is 12.2 Å². The molecule has 0 heterocycles. The molecular weight excluding hydrogens is 148 g/mol. The second kappa shape index (κ2) is 2.72. The van der Waals surface area contributed by atoms with Gasteiger partial charge in [0.1, 0.15) is 0 Å². The van der Waals surface area contributed by atoms with Gasteiger partial charge in [-0.15, -0.1) is 0 Å². The Morgan fingerprint density at radius 2 is 2.33 bits per heavy atom. The Labute approximate surface area is 73.8 Å². The minimum atomic E-state index is 0.333. The lowest BCUT2D eigenvalue weighted by Crippen LogP contribution is -2.33. The van der Waals surface area contributed by atoms with Gasteiger partial charge in [-0.3, -0.25) is 4.79 Å². The van der Waals surface area contributed by atoms with Crippen LogP contribution in [0.15, 0.2) is 12.2 Å². The highest BCUT2D eigenvalue weighted by molar-refractivity contribution is 5.90. The molecule has 0 spiro atoms. The molecule has 0 radical (unpaired) electrons. The summed E-state index contributed by atoms with van der Waals surface area (Å²) < 4.78 is 0. The molecule has 0 aromatic rings. The Morgan fingerprint density at radius 3 is 3.17 bits per heavy atom. The lowest BCUT2D eigenvalue weighted by Gasteiger charge is -2.41. The third kappa shape index (κ3) is 1.21. The van der Waals surface area contributed by atoms with E-state index >= 15 is 0 Å². The zero-order valence-electron chi connectivity index (χ0n) is 7.68. The highest BCUT2D eigenvalue weighted by Crippen LogP contribution is 2.45. The van der Waals surface area contributed by atoms with E-state index in [-0.39, 0.29) is 0 Å². The Bertz CT molecular complexity index is 229. The van der Waals surface area contributed by atoms with Crippen LogP contribution in [0, 0.1) is 11.3 Å². The van der Waals surface area contributed by atoms with E-state index in [9.17, 15) is 4.79 Å². The zero-order valence-corrected chi connectivity index (χ0v) is 7.68. The summed E-state index contributed by atoms with van der Waals surface area (Å²) in [7, 11) is 0. The summed E-state index contributed by atoms with van der Waals surface area (Å²) in [4.78, 5) is 11.2. The summed E-state index contributed by atoms with van der Waals surface area (Å²) in [5.74, 6) is 0.975. The molecular formula is C11H16O. The second-order valence-electron chi connectivity index (χ2n) is 4.45. The Balaban J connectivity index is 2.23. The van der Waals surface area contributed by atoms with Crippen LogP contribution in [0.3, 0.4) is 0 Å². The molecule has 66 valence electrons. The van der Waals surface area contributed by atoms with E-state index in [0.29, 0.717) is 17.1 Å². The third-order valence-electron chi connectivity index (χ3n) is 3.55. The van der Waals surface area contributed by atoms with Crippen molar-refractivity contribution in [2.75, 3.05) is 0 Å². The molecule has 1 saturated carbocycles. The lowest BCUT2D eigenvalue weighted by molar-refractivity contribution is -0.117. The SMILES string of the molecule is C[C@@]12C=CC(=O)C[C@H]1CCCC2. The molecule has 0 saturated heterocycles. The van der Waals surface area contributed by atoms with Gasteiger partial charge in [-0.25, -0.2) is 0 Å². The van der Waals surface area contributed by atoms with Crippen LogP contribution in [-0.4, -0.2) is 5.78 Å². The van der Waals surface area contributed by atoms with Crippen LogP contribution >= 0.6 is 0 Å². The molecule has 1 fully saturated rings. The maximum atomic E-state index is 11.2. The van der Waals surface area contributed by atoms with E-state index in [0.717, 1.165) is 6.42 Å². The fourth-order valence-corrected chi connectivity index (χ4v) is 2.58. The maximum Gasteiger partial charge on any atom is 0.155 e. The number of hydrogen-bond donors (Lipinski definition) is 0. The molecule has 0 amide bonds. The van der Waals surface area contributed by atoms with E-state index in [1.807, 2.05) is 0 Å². The Morgan fingerprint density at radius 1 is 1.50 bits per heavy atom. The molecule has 2 atom stereocenters. The number of allylic oxidation sites excluding steroid dienone is 2. The van der Waals surface area contributed by atoms with E-state index < -0.39 is 0 Å². The molecule has 0 aliphatic heterocycles. The quantitative estimate of drug-likeness (QED) is 0.538. The van der Waals surface area contributed by atoms with Gasteiger partial charge in [0.25, 0.3) is 0 Å². The molecule has 0 aromatic heterocycles. The molecule has 0 unspecified atom stereocenters. The predicted molar refractivity (Wildman–Crippen MR) is 48.8 cm³/mol. The van der Waals surface area contributed by atoms with Crippen molar-refractivity contribution in [2.24, 2.45) is 11.3 Å². The summed E-state index contributed by atoms with van der Waals surface area (Å²) in [6.07, 6.45) is 9.94. The summed E-state index contributed by atoms with van der Waals surface area (Å²) >= 11 is 0. The topological polar surface area (TPSA) is 17.1 Å². The number of hydrogen-bond acceptors (Lipinski definition) is 1. The Kier molecular flexibility index (Phi) is 1.82. The zero-order chi connectivity index (χ0) is 8.60. The van der Waals surface area contributed by atoms with Gasteiger partial charge in [0, 0.05) is 6.42 Å². The van der Waals surface area contributed by atoms with Crippen molar-refractivity contribution in [2.45, 2.75) is 39.0 Å². The molecule has 0 bridgehead atoms. The van der Waals surface area contributed by atoms with E-state index in [1.54, 1.807) is 6.08 Å². The van der Waals surface area contributed by atoms with Crippen LogP contribution in [0.1, 0.15) is 39.0 Å². The van der Waals surface area contributed by atoms with Crippen molar-refractivity contribution in [1.29, 1.82) is 0 Å². The third-order valence-corrected chi connectivity index (χ3v) is 3.55. The van der Waals surface area contributed by atoms with Crippen molar-refractivity contribution >= 4 is 5.78 Å². The number of ketones is 1. The molecule has 2 rings (SSSR count). The van der Waals surface area contributed by atoms with Gasteiger partial charge in [-0.05, 0) is 30.3 Å². The van der Waals surface area contributed by atoms with Gasteiger partial charge >= 0.3 is 0 Å². The molecule has 0 N–H and O–H groups in total. The van der Waals surface area contributed by atoms with Crippen molar-refractivity contribution in [1.82, 2.24) is 0 Å². The largest absolute Gasteiger partial charge is 0.295 e. The molecule has 12 heavy (non-hydrogen) atoms. The number of carbonyl (C=O) groups is 1. The lowest BCUT2D eigenvalue weighted by atomic mass is 9.63. The first-order valence-electron chi connectivity index (χ1n) is 4.93. The van der Waals surface area contributed by atoms with E-state index in [4.69, 9.17) is 0 Å². The molecule has 2 aliphatic carbocycles. The number of rotatable bonds is 0. The highest BCUT2D eigenvalue weighted by atomic mass is 16.1. The van der Waals surface area contributed by atoms with Gasteiger partial charge in [-0.1, -0.05) is 25.8 Å². The molecule has 2 aliphatic rings. The highest BCUT2D eigenvalue weighted by Gasteiger charge is 2.37. The first-order valence-corrected chi connectivity index (χ1v) is 4.93. The van der Waals surface area contributed by atoms with Crippen molar-refractivity contribution < 1.29 is 4.79 Å². The second-order valence-corrected chi connectivity index (χ2v) is 4.45. The van der Waals surface area contributed by atoms with Crippen LogP contribution < -0.4 is 0 Å².